The molecule has 1 aromatic rings. The maximum absolute atomic E-state index is 13.7. The van der Waals surface area contributed by atoms with E-state index in [4.69, 9.17) is 0 Å². The smallest absolute Gasteiger partial charge is 0.232 e. The van der Waals surface area contributed by atoms with Crippen LogP contribution in [0.5, 0.6) is 0 Å². The summed E-state index contributed by atoms with van der Waals surface area (Å²) in [7, 11) is 1.17. The summed E-state index contributed by atoms with van der Waals surface area (Å²) in [5.41, 5.74) is 0.0617. The third-order valence-corrected chi connectivity index (χ3v) is 3.78. The van der Waals surface area contributed by atoms with Gasteiger partial charge in [0, 0.05) is 39.0 Å². The van der Waals surface area contributed by atoms with Crippen LogP contribution in [0.15, 0.2) is 30.5 Å². The molecule has 0 spiro atoms. The van der Waals surface area contributed by atoms with E-state index in [1.807, 2.05) is 0 Å². The predicted octanol–water partition coefficient (Wildman–Crippen LogP) is 1.48. The van der Waals surface area contributed by atoms with Gasteiger partial charge in [-0.25, -0.2) is 12.8 Å². The SMILES string of the molecule is CN(C)C=CC(=O)c1ccc(F)c(N(C)S(C)(=O)=O)c1. The minimum Gasteiger partial charge on any atom is -0.383 e. The maximum Gasteiger partial charge on any atom is 0.232 e. The molecule has 0 saturated heterocycles. The van der Waals surface area contributed by atoms with Crippen molar-refractivity contribution in [2.45, 2.75) is 0 Å². The highest BCUT2D eigenvalue weighted by Crippen LogP contribution is 2.22. The van der Waals surface area contributed by atoms with Crippen LogP contribution in [-0.2, 0) is 10.0 Å². The number of nitrogens with zero attached hydrogens (tertiary/aromatic N) is 2. The van der Waals surface area contributed by atoms with Crippen molar-refractivity contribution in [1.29, 1.82) is 0 Å². The Kier molecular flexibility index (Phi) is 4.88. The zero-order valence-electron chi connectivity index (χ0n) is 11.8. The molecule has 1 aromatic carbocycles. The number of halogens is 1. The normalized spacial score (nSPS) is 11.7. The van der Waals surface area contributed by atoms with Crippen LogP contribution in [0.1, 0.15) is 10.4 Å². The van der Waals surface area contributed by atoms with E-state index >= 15 is 0 Å². The second-order valence-corrected chi connectivity index (χ2v) is 6.55. The van der Waals surface area contributed by atoms with Crippen LogP contribution in [0.25, 0.3) is 0 Å². The van der Waals surface area contributed by atoms with Crippen molar-refractivity contribution in [3.8, 4) is 0 Å². The van der Waals surface area contributed by atoms with Crippen molar-refractivity contribution in [1.82, 2.24) is 4.90 Å². The maximum atomic E-state index is 13.7. The van der Waals surface area contributed by atoms with Crippen LogP contribution in [0, 0.1) is 5.82 Å². The van der Waals surface area contributed by atoms with Gasteiger partial charge in [-0.2, -0.15) is 0 Å². The summed E-state index contributed by atoms with van der Waals surface area (Å²) >= 11 is 0. The Morgan fingerprint density at radius 1 is 1.25 bits per heavy atom. The Bertz CT molecular complexity index is 639. The molecule has 0 unspecified atom stereocenters. The van der Waals surface area contributed by atoms with E-state index in [-0.39, 0.29) is 17.0 Å². The molecular weight excluding hydrogens is 283 g/mol. The highest BCUT2D eigenvalue weighted by molar-refractivity contribution is 7.92. The highest BCUT2D eigenvalue weighted by Gasteiger charge is 2.17. The molecule has 0 aliphatic heterocycles. The number of hydrogen-bond acceptors (Lipinski definition) is 4. The van der Waals surface area contributed by atoms with Gasteiger partial charge in [-0.3, -0.25) is 9.10 Å². The van der Waals surface area contributed by atoms with Crippen molar-refractivity contribution in [3.63, 3.8) is 0 Å². The summed E-state index contributed by atoms with van der Waals surface area (Å²) in [5, 5.41) is 0. The van der Waals surface area contributed by atoms with Gasteiger partial charge < -0.3 is 4.90 Å². The minimum absolute atomic E-state index is 0.156. The molecule has 110 valence electrons. The van der Waals surface area contributed by atoms with E-state index in [2.05, 4.69) is 0 Å². The lowest BCUT2D eigenvalue weighted by molar-refractivity contribution is 0.104. The Hall–Kier alpha value is -1.89. The van der Waals surface area contributed by atoms with E-state index in [1.54, 1.807) is 25.2 Å². The number of ketones is 1. The number of rotatable bonds is 5. The van der Waals surface area contributed by atoms with Crippen LogP contribution < -0.4 is 4.31 Å². The molecule has 7 heteroatoms. The molecule has 0 heterocycles. The summed E-state index contributed by atoms with van der Waals surface area (Å²) in [6, 6.07) is 3.61. The molecule has 20 heavy (non-hydrogen) atoms. The van der Waals surface area contributed by atoms with Gasteiger partial charge >= 0.3 is 0 Å². The third-order valence-electron chi connectivity index (χ3n) is 2.59. The summed E-state index contributed by atoms with van der Waals surface area (Å²) in [4.78, 5) is 13.6. The van der Waals surface area contributed by atoms with Crippen molar-refractivity contribution >= 4 is 21.5 Å². The molecule has 0 aliphatic rings. The number of carbonyl (C=O) groups excluding carboxylic acids is 1. The fourth-order valence-corrected chi connectivity index (χ4v) is 1.90. The number of hydrogen-bond donors (Lipinski definition) is 0. The topological polar surface area (TPSA) is 57.7 Å². The Morgan fingerprint density at radius 2 is 1.85 bits per heavy atom. The van der Waals surface area contributed by atoms with Crippen molar-refractivity contribution < 1.29 is 17.6 Å². The number of benzene rings is 1. The van der Waals surface area contributed by atoms with E-state index in [9.17, 15) is 17.6 Å². The highest BCUT2D eigenvalue weighted by atomic mass is 32.2. The van der Waals surface area contributed by atoms with Crippen LogP contribution in [0.2, 0.25) is 0 Å². The lowest BCUT2D eigenvalue weighted by atomic mass is 10.1. The lowest BCUT2D eigenvalue weighted by Gasteiger charge is -2.17. The second-order valence-electron chi connectivity index (χ2n) is 4.54. The van der Waals surface area contributed by atoms with Gasteiger partial charge in [0.25, 0.3) is 0 Å². The first-order chi connectivity index (χ1) is 9.12. The fraction of sp³-hybridized carbons (Fsp3) is 0.308. The summed E-state index contributed by atoms with van der Waals surface area (Å²) in [6.45, 7) is 0. The first-order valence-corrected chi connectivity index (χ1v) is 7.60. The van der Waals surface area contributed by atoms with Gasteiger partial charge in [0.1, 0.15) is 5.82 Å². The summed E-state index contributed by atoms with van der Waals surface area (Å²) in [6.07, 6.45) is 3.86. The fourth-order valence-electron chi connectivity index (χ4n) is 1.40. The van der Waals surface area contributed by atoms with Gasteiger partial charge in [0.05, 0.1) is 11.9 Å². The first kappa shape index (κ1) is 16.2. The van der Waals surface area contributed by atoms with E-state index < -0.39 is 15.8 Å². The molecule has 0 atom stereocenters. The number of sulfonamides is 1. The predicted molar refractivity (Wildman–Crippen MR) is 76.8 cm³/mol. The van der Waals surface area contributed by atoms with E-state index in [0.717, 1.165) is 16.6 Å². The molecule has 0 fully saturated rings. The minimum atomic E-state index is -3.59. The van der Waals surface area contributed by atoms with Crippen molar-refractivity contribution in [2.75, 3.05) is 31.7 Å². The Labute approximate surface area is 118 Å². The molecule has 0 aromatic heterocycles. The molecule has 0 amide bonds. The monoisotopic (exact) mass is 300 g/mol. The summed E-state index contributed by atoms with van der Waals surface area (Å²) in [5.74, 6) is -1.03. The lowest BCUT2D eigenvalue weighted by Crippen LogP contribution is -2.26. The Morgan fingerprint density at radius 3 is 2.35 bits per heavy atom. The zero-order chi connectivity index (χ0) is 15.5. The molecular formula is C13H17FN2O3S. The summed E-state index contributed by atoms with van der Waals surface area (Å²) < 4.78 is 37.4. The third kappa shape index (κ3) is 4.06. The average molecular weight is 300 g/mol. The van der Waals surface area contributed by atoms with Crippen LogP contribution in [-0.4, -0.2) is 46.5 Å². The molecule has 0 saturated carbocycles. The van der Waals surface area contributed by atoms with Crippen molar-refractivity contribution in [3.05, 3.63) is 41.9 Å². The quantitative estimate of drug-likeness (QED) is 0.610. The van der Waals surface area contributed by atoms with Gasteiger partial charge in [0.2, 0.25) is 10.0 Å². The van der Waals surface area contributed by atoms with Crippen LogP contribution in [0.4, 0.5) is 10.1 Å². The number of carbonyl (C=O) groups is 1. The van der Waals surface area contributed by atoms with Gasteiger partial charge in [-0.05, 0) is 18.2 Å². The standard InChI is InChI=1S/C13H17FN2O3S/c1-15(2)8-7-13(17)10-5-6-11(14)12(9-10)16(3)20(4,18)19/h5-9H,1-4H3. The van der Waals surface area contributed by atoms with Crippen molar-refractivity contribution in [2.24, 2.45) is 0 Å². The average Bonchev–Trinajstić information content (AvgIpc) is 2.34. The first-order valence-electron chi connectivity index (χ1n) is 5.75. The molecule has 1 rings (SSSR count). The Balaban J connectivity index is 3.19. The van der Waals surface area contributed by atoms with Crippen LogP contribution >= 0.6 is 0 Å². The number of anilines is 1. The molecule has 0 radical (unpaired) electrons. The largest absolute Gasteiger partial charge is 0.383 e. The second kappa shape index (κ2) is 6.04. The molecule has 0 aliphatic carbocycles. The van der Waals surface area contributed by atoms with Gasteiger partial charge in [-0.1, -0.05) is 0 Å². The zero-order valence-corrected chi connectivity index (χ0v) is 12.6. The van der Waals surface area contributed by atoms with Gasteiger partial charge in [0.15, 0.2) is 5.78 Å². The number of allylic oxidation sites excluding steroid dienone is 1. The molecule has 0 bridgehead atoms. The van der Waals surface area contributed by atoms with Gasteiger partial charge in [-0.15, -0.1) is 0 Å². The molecule has 0 N–H and O–H groups in total. The van der Waals surface area contributed by atoms with E-state index in [1.165, 1.54) is 25.3 Å². The van der Waals surface area contributed by atoms with E-state index in [0.29, 0.717) is 0 Å². The molecule has 5 nitrogen and oxygen atoms in total. The van der Waals surface area contributed by atoms with Crippen LogP contribution in [0.3, 0.4) is 0 Å².